The number of hydrogen-bond donors (Lipinski definition) is 0. The number of halogens is 1. The SMILES string of the molecule is CCCC(OC)C(=O)Cc1cc(F)ccc1C. The van der Waals surface area contributed by atoms with Crippen molar-refractivity contribution in [1.29, 1.82) is 0 Å². The van der Waals surface area contributed by atoms with Crippen molar-refractivity contribution in [2.75, 3.05) is 7.11 Å². The quantitative estimate of drug-likeness (QED) is 0.761. The van der Waals surface area contributed by atoms with E-state index in [0.717, 1.165) is 17.5 Å². The number of hydrogen-bond acceptors (Lipinski definition) is 2. The van der Waals surface area contributed by atoms with E-state index in [1.807, 2.05) is 13.8 Å². The lowest BCUT2D eigenvalue weighted by atomic mass is 9.99. The summed E-state index contributed by atoms with van der Waals surface area (Å²) >= 11 is 0. The Kier molecular flexibility index (Phi) is 5.29. The number of methoxy groups -OCH3 is 1. The van der Waals surface area contributed by atoms with E-state index in [9.17, 15) is 9.18 Å². The van der Waals surface area contributed by atoms with Crippen molar-refractivity contribution in [1.82, 2.24) is 0 Å². The maximum Gasteiger partial charge on any atom is 0.165 e. The third kappa shape index (κ3) is 3.93. The Labute approximate surface area is 102 Å². The molecule has 1 aromatic carbocycles. The molecule has 0 saturated carbocycles. The Balaban J connectivity index is 2.76. The summed E-state index contributed by atoms with van der Waals surface area (Å²) in [5.41, 5.74) is 1.68. The van der Waals surface area contributed by atoms with Crippen molar-refractivity contribution in [3.8, 4) is 0 Å². The Morgan fingerprint density at radius 2 is 2.18 bits per heavy atom. The van der Waals surface area contributed by atoms with Crippen LogP contribution in [0.2, 0.25) is 0 Å². The highest BCUT2D eigenvalue weighted by atomic mass is 19.1. The van der Waals surface area contributed by atoms with Gasteiger partial charge in [0, 0.05) is 13.5 Å². The van der Waals surface area contributed by atoms with Gasteiger partial charge in [-0.05, 0) is 36.6 Å². The van der Waals surface area contributed by atoms with Crippen molar-refractivity contribution >= 4 is 5.78 Å². The van der Waals surface area contributed by atoms with Gasteiger partial charge >= 0.3 is 0 Å². The summed E-state index contributed by atoms with van der Waals surface area (Å²) in [5, 5.41) is 0. The summed E-state index contributed by atoms with van der Waals surface area (Å²) in [6.07, 6.45) is 1.47. The van der Waals surface area contributed by atoms with Crippen LogP contribution in [-0.4, -0.2) is 19.0 Å². The van der Waals surface area contributed by atoms with E-state index in [1.54, 1.807) is 6.07 Å². The van der Waals surface area contributed by atoms with E-state index in [1.165, 1.54) is 19.2 Å². The van der Waals surface area contributed by atoms with E-state index >= 15 is 0 Å². The van der Waals surface area contributed by atoms with Crippen LogP contribution in [0.15, 0.2) is 18.2 Å². The monoisotopic (exact) mass is 238 g/mol. The first-order valence-corrected chi connectivity index (χ1v) is 5.89. The predicted octanol–water partition coefficient (Wildman–Crippen LogP) is 3.06. The second kappa shape index (κ2) is 6.50. The van der Waals surface area contributed by atoms with Gasteiger partial charge in [0.25, 0.3) is 0 Å². The van der Waals surface area contributed by atoms with Crippen LogP contribution in [0.1, 0.15) is 30.9 Å². The molecule has 94 valence electrons. The largest absolute Gasteiger partial charge is 0.374 e. The molecule has 0 amide bonds. The fourth-order valence-electron chi connectivity index (χ4n) is 1.80. The molecule has 0 heterocycles. The fourth-order valence-corrected chi connectivity index (χ4v) is 1.80. The van der Waals surface area contributed by atoms with Gasteiger partial charge in [0.1, 0.15) is 11.9 Å². The summed E-state index contributed by atoms with van der Waals surface area (Å²) in [6.45, 7) is 3.89. The number of carbonyl (C=O) groups is 1. The molecular formula is C14H19FO2. The third-order valence-corrected chi connectivity index (χ3v) is 2.87. The van der Waals surface area contributed by atoms with Crippen LogP contribution in [-0.2, 0) is 16.0 Å². The average molecular weight is 238 g/mol. The summed E-state index contributed by atoms with van der Waals surface area (Å²) in [6, 6.07) is 4.52. The van der Waals surface area contributed by atoms with E-state index in [2.05, 4.69) is 0 Å². The maximum absolute atomic E-state index is 13.1. The Bertz CT molecular complexity index is 388. The fraction of sp³-hybridized carbons (Fsp3) is 0.500. The molecule has 0 spiro atoms. The number of Topliss-reactive ketones (excluding diaryl/α,β-unsaturated/α-hetero) is 1. The van der Waals surface area contributed by atoms with Gasteiger partial charge in [-0.1, -0.05) is 19.4 Å². The van der Waals surface area contributed by atoms with Crippen LogP contribution in [0.3, 0.4) is 0 Å². The highest BCUT2D eigenvalue weighted by molar-refractivity contribution is 5.85. The molecule has 0 N–H and O–H groups in total. The standard InChI is InChI=1S/C14H19FO2/c1-4-5-14(17-3)13(16)9-11-8-12(15)7-6-10(11)2/h6-8,14H,4-5,9H2,1-3H3. The molecular weight excluding hydrogens is 219 g/mol. The summed E-state index contributed by atoms with van der Waals surface area (Å²) in [5.74, 6) is -0.286. The number of aryl methyl sites for hydroxylation is 1. The molecule has 0 radical (unpaired) electrons. The lowest BCUT2D eigenvalue weighted by Crippen LogP contribution is -2.24. The summed E-state index contributed by atoms with van der Waals surface area (Å²) in [4.78, 5) is 11.9. The molecule has 1 unspecified atom stereocenters. The van der Waals surface area contributed by atoms with Gasteiger partial charge in [0.15, 0.2) is 5.78 Å². The van der Waals surface area contributed by atoms with Crippen molar-refractivity contribution < 1.29 is 13.9 Å². The van der Waals surface area contributed by atoms with Gasteiger partial charge in [-0.15, -0.1) is 0 Å². The third-order valence-electron chi connectivity index (χ3n) is 2.87. The summed E-state index contributed by atoms with van der Waals surface area (Å²) in [7, 11) is 1.54. The van der Waals surface area contributed by atoms with Crippen LogP contribution in [0, 0.1) is 12.7 Å². The van der Waals surface area contributed by atoms with Gasteiger partial charge in [0.05, 0.1) is 0 Å². The lowest BCUT2D eigenvalue weighted by molar-refractivity contribution is -0.128. The van der Waals surface area contributed by atoms with Crippen molar-refractivity contribution in [2.45, 2.75) is 39.2 Å². The minimum Gasteiger partial charge on any atom is -0.374 e. The van der Waals surface area contributed by atoms with E-state index in [4.69, 9.17) is 4.74 Å². The van der Waals surface area contributed by atoms with Crippen LogP contribution in [0.4, 0.5) is 4.39 Å². The molecule has 1 aromatic rings. The highest BCUT2D eigenvalue weighted by Gasteiger charge is 2.17. The van der Waals surface area contributed by atoms with Crippen LogP contribution in [0.25, 0.3) is 0 Å². The zero-order valence-corrected chi connectivity index (χ0v) is 10.6. The van der Waals surface area contributed by atoms with Crippen molar-refractivity contribution in [3.63, 3.8) is 0 Å². The number of benzene rings is 1. The Morgan fingerprint density at radius 1 is 1.47 bits per heavy atom. The normalized spacial score (nSPS) is 12.5. The molecule has 0 aromatic heterocycles. The second-order valence-electron chi connectivity index (χ2n) is 4.23. The van der Waals surface area contributed by atoms with Gasteiger partial charge in [-0.25, -0.2) is 4.39 Å². The zero-order chi connectivity index (χ0) is 12.8. The Morgan fingerprint density at radius 3 is 2.76 bits per heavy atom. The molecule has 0 saturated heterocycles. The van der Waals surface area contributed by atoms with Crippen LogP contribution >= 0.6 is 0 Å². The molecule has 0 bridgehead atoms. The van der Waals surface area contributed by atoms with Crippen LogP contribution < -0.4 is 0 Å². The zero-order valence-electron chi connectivity index (χ0n) is 10.6. The van der Waals surface area contributed by atoms with E-state index in [0.29, 0.717) is 6.42 Å². The lowest BCUT2D eigenvalue weighted by Gasteiger charge is -2.14. The molecule has 1 atom stereocenters. The first-order chi connectivity index (χ1) is 8.08. The average Bonchev–Trinajstić information content (AvgIpc) is 2.30. The molecule has 17 heavy (non-hydrogen) atoms. The van der Waals surface area contributed by atoms with Gasteiger partial charge in [-0.3, -0.25) is 4.79 Å². The molecule has 3 heteroatoms. The number of carbonyl (C=O) groups excluding carboxylic acids is 1. The first-order valence-electron chi connectivity index (χ1n) is 5.89. The molecule has 0 fully saturated rings. The van der Waals surface area contributed by atoms with Crippen molar-refractivity contribution in [3.05, 3.63) is 35.1 Å². The van der Waals surface area contributed by atoms with Crippen LogP contribution in [0.5, 0.6) is 0 Å². The summed E-state index contributed by atoms with van der Waals surface area (Å²) < 4.78 is 18.2. The second-order valence-corrected chi connectivity index (χ2v) is 4.23. The van der Waals surface area contributed by atoms with E-state index in [-0.39, 0.29) is 24.1 Å². The topological polar surface area (TPSA) is 26.3 Å². The van der Waals surface area contributed by atoms with Gasteiger partial charge in [-0.2, -0.15) is 0 Å². The molecule has 0 aliphatic rings. The number of rotatable bonds is 6. The minimum atomic E-state index is -0.373. The Hall–Kier alpha value is -1.22. The molecule has 0 aliphatic heterocycles. The molecule has 0 aliphatic carbocycles. The smallest absolute Gasteiger partial charge is 0.165 e. The molecule has 1 rings (SSSR count). The van der Waals surface area contributed by atoms with Crippen molar-refractivity contribution in [2.24, 2.45) is 0 Å². The van der Waals surface area contributed by atoms with E-state index < -0.39 is 0 Å². The minimum absolute atomic E-state index is 0.0167. The maximum atomic E-state index is 13.1. The van der Waals surface area contributed by atoms with Gasteiger partial charge < -0.3 is 4.74 Å². The number of ether oxygens (including phenoxy) is 1. The number of ketones is 1. The first kappa shape index (κ1) is 13.8. The highest BCUT2D eigenvalue weighted by Crippen LogP contribution is 2.14. The predicted molar refractivity (Wildman–Crippen MR) is 65.6 cm³/mol. The van der Waals surface area contributed by atoms with Gasteiger partial charge in [0.2, 0.25) is 0 Å². The molecule has 2 nitrogen and oxygen atoms in total.